The summed E-state index contributed by atoms with van der Waals surface area (Å²) in [6.45, 7) is 8.57. The maximum Gasteiger partial charge on any atom is 0.0155 e. The molecule has 0 amide bonds. The Balaban J connectivity index is 3.16. The number of hydrogen-bond acceptors (Lipinski definition) is 1. The standard InChI is InChI=1S/C10H20BrN/c1-4-10(11)6-8-12-7-5-9(2)3/h5,10,12H,4,6-8H2,1-3H3. The second-order valence-corrected chi connectivity index (χ2v) is 4.57. The predicted octanol–water partition coefficient (Wildman–Crippen LogP) is 3.11. The van der Waals surface area contributed by atoms with Gasteiger partial charge in [0, 0.05) is 11.4 Å². The van der Waals surface area contributed by atoms with Crippen LogP contribution in [0.4, 0.5) is 0 Å². The van der Waals surface area contributed by atoms with Gasteiger partial charge in [-0.1, -0.05) is 34.5 Å². The molecule has 0 aliphatic carbocycles. The van der Waals surface area contributed by atoms with Gasteiger partial charge >= 0.3 is 0 Å². The molecule has 0 spiro atoms. The first kappa shape index (κ1) is 12.2. The molecule has 0 aliphatic rings. The van der Waals surface area contributed by atoms with Crippen molar-refractivity contribution >= 4 is 15.9 Å². The van der Waals surface area contributed by atoms with Crippen LogP contribution in [-0.2, 0) is 0 Å². The molecule has 0 aromatic heterocycles. The fourth-order valence-corrected chi connectivity index (χ4v) is 1.07. The number of allylic oxidation sites excluding steroid dienone is 1. The van der Waals surface area contributed by atoms with E-state index in [4.69, 9.17) is 0 Å². The van der Waals surface area contributed by atoms with Gasteiger partial charge in [-0.05, 0) is 33.2 Å². The molecule has 12 heavy (non-hydrogen) atoms. The van der Waals surface area contributed by atoms with Crippen molar-refractivity contribution in [1.82, 2.24) is 5.32 Å². The Kier molecular flexibility index (Phi) is 7.93. The molecule has 0 heterocycles. The SMILES string of the molecule is CCC(Br)CCNCC=C(C)C. The number of hydrogen-bond donors (Lipinski definition) is 1. The Morgan fingerprint density at radius 2 is 2.17 bits per heavy atom. The fourth-order valence-electron chi connectivity index (χ4n) is 0.841. The van der Waals surface area contributed by atoms with Gasteiger partial charge in [0.15, 0.2) is 0 Å². The van der Waals surface area contributed by atoms with Gasteiger partial charge in [0.25, 0.3) is 0 Å². The molecule has 1 atom stereocenters. The summed E-state index contributed by atoms with van der Waals surface area (Å²) in [6.07, 6.45) is 4.65. The van der Waals surface area contributed by atoms with E-state index in [1.165, 1.54) is 18.4 Å². The normalized spacial score (nSPS) is 12.7. The summed E-state index contributed by atoms with van der Waals surface area (Å²) in [5, 5.41) is 3.38. The zero-order chi connectivity index (χ0) is 9.40. The zero-order valence-electron chi connectivity index (χ0n) is 8.36. The maximum atomic E-state index is 3.60. The highest BCUT2D eigenvalue weighted by Gasteiger charge is 1.97. The van der Waals surface area contributed by atoms with Crippen molar-refractivity contribution in [2.45, 2.75) is 38.4 Å². The summed E-state index contributed by atoms with van der Waals surface area (Å²) < 4.78 is 0. The lowest BCUT2D eigenvalue weighted by Gasteiger charge is -2.06. The number of alkyl halides is 1. The fraction of sp³-hybridized carbons (Fsp3) is 0.800. The minimum atomic E-state index is 0.678. The van der Waals surface area contributed by atoms with Gasteiger partial charge in [0.2, 0.25) is 0 Å². The topological polar surface area (TPSA) is 12.0 Å². The van der Waals surface area contributed by atoms with Gasteiger partial charge in [-0.3, -0.25) is 0 Å². The average Bonchev–Trinajstić information content (AvgIpc) is 2.03. The van der Waals surface area contributed by atoms with Crippen molar-refractivity contribution in [2.24, 2.45) is 0 Å². The molecule has 0 bridgehead atoms. The van der Waals surface area contributed by atoms with Gasteiger partial charge in [-0.15, -0.1) is 0 Å². The first-order valence-corrected chi connectivity index (χ1v) is 5.56. The molecule has 1 unspecified atom stereocenters. The maximum absolute atomic E-state index is 3.60. The summed E-state index contributed by atoms with van der Waals surface area (Å²) in [4.78, 5) is 0.678. The van der Waals surface area contributed by atoms with Crippen LogP contribution in [0.15, 0.2) is 11.6 Å². The van der Waals surface area contributed by atoms with Crippen LogP contribution in [0.2, 0.25) is 0 Å². The zero-order valence-corrected chi connectivity index (χ0v) is 9.95. The average molecular weight is 234 g/mol. The third-order valence-corrected chi connectivity index (χ3v) is 2.84. The highest BCUT2D eigenvalue weighted by atomic mass is 79.9. The second kappa shape index (κ2) is 7.81. The van der Waals surface area contributed by atoms with Gasteiger partial charge in [0.05, 0.1) is 0 Å². The molecule has 0 rings (SSSR count). The Hall–Kier alpha value is 0.180. The molecular formula is C10H20BrN. The molecule has 0 saturated carbocycles. The van der Waals surface area contributed by atoms with Crippen LogP contribution in [0.25, 0.3) is 0 Å². The van der Waals surface area contributed by atoms with Crippen LogP contribution in [-0.4, -0.2) is 17.9 Å². The molecule has 0 aromatic rings. The highest BCUT2D eigenvalue weighted by molar-refractivity contribution is 9.09. The number of halogens is 1. The van der Waals surface area contributed by atoms with Crippen LogP contribution in [0.1, 0.15) is 33.6 Å². The van der Waals surface area contributed by atoms with Gasteiger partial charge < -0.3 is 5.32 Å². The van der Waals surface area contributed by atoms with E-state index in [2.05, 4.69) is 48.1 Å². The molecule has 0 radical (unpaired) electrons. The van der Waals surface area contributed by atoms with Gasteiger partial charge in [-0.25, -0.2) is 0 Å². The first-order valence-electron chi connectivity index (χ1n) is 4.65. The molecule has 0 fully saturated rings. The Labute approximate surface area is 84.8 Å². The summed E-state index contributed by atoms with van der Waals surface area (Å²) in [6, 6.07) is 0. The Morgan fingerprint density at radius 3 is 2.67 bits per heavy atom. The van der Waals surface area contributed by atoms with E-state index in [1.807, 2.05) is 0 Å². The molecule has 0 aliphatic heterocycles. The summed E-state index contributed by atoms with van der Waals surface area (Å²) in [5.74, 6) is 0. The largest absolute Gasteiger partial charge is 0.313 e. The predicted molar refractivity (Wildman–Crippen MR) is 59.9 cm³/mol. The Bertz CT molecular complexity index is 128. The third-order valence-electron chi connectivity index (χ3n) is 1.73. The van der Waals surface area contributed by atoms with Crippen LogP contribution in [0.3, 0.4) is 0 Å². The van der Waals surface area contributed by atoms with Gasteiger partial charge in [0.1, 0.15) is 0 Å². The molecule has 1 nitrogen and oxygen atoms in total. The van der Waals surface area contributed by atoms with E-state index in [9.17, 15) is 0 Å². The smallest absolute Gasteiger partial charge is 0.0155 e. The van der Waals surface area contributed by atoms with Crippen LogP contribution >= 0.6 is 15.9 Å². The Morgan fingerprint density at radius 1 is 1.50 bits per heavy atom. The summed E-state index contributed by atoms with van der Waals surface area (Å²) in [7, 11) is 0. The molecule has 72 valence electrons. The highest BCUT2D eigenvalue weighted by Crippen LogP contribution is 2.07. The lowest BCUT2D eigenvalue weighted by Crippen LogP contribution is -2.18. The lowest BCUT2D eigenvalue weighted by molar-refractivity contribution is 0.663. The van der Waals surface area contributed by atoms with Crippen molar-refractivity contribution in [1.29, 1.82) is 0 Å². The van der Waals surface area contributed by atoms with E-state index in [0.717, 1.165) is 13.1 Å². The van der Waals surface area contributed by atoms with Crippen molar-refractivity contribution in [3.8, 4) is 0 Å². The van der Waals surface area contributed by atoms with E-state index in [1.54, 1.807) is 0 Å². The quantitative estimate of drug-likeness (QED) is 0.423. The molecule has 2 heteroatoms. The van der Waals surface area contributed by atoms with Crippen molar-refractivity contribution < 1.29 is 0 Å². The molecular weight excluding hydrogens is 214 g/mol. The molecule has 0 aromatic carbocycles. The van der Waals surface area contributed by atoms with Crippen LogP contribution in [0.5, 0.6) is 0 Å². The number of nitrogens with one attached hydrogen (secondary N) is 1. The summed E-state index contributed by atoms with van der Waals surface area (Å²) in [5.41, 5.74) is 1.38. The number of rotatable bonds is 6. The van der Waals surface area contributed by atoms with E-state index < -0.39 is 0 Å². The second-order valence-electron chi connectivity index (χ2n) is 3.28. The minimum Gasteiger partial charge on any atom is -0.313 e. The van der Waals surface area contributed by atoms with Crippen molar-refractivity contribution in [3.63, 3.8) is 0 Å². The monoisotopic (exact) mass is 233 g/mol. The van der Waals surface area contributed by atoms with Crippen molar-refractivity contribution in [3.05, 3.63) is 11.6 Å². The van der Waals surface area contributed by atoms with E-state index >= 15 is 0 Å². The van der Waals surface area contributed by atoms with E-state index in [-0.39, 0.29) is 0 Å². The van der Waals surface area contributed by atoms with E-state index in [0.29, 0.717) is 4.83 Å². The van der Waals surface area contributed by atoms with Crippen LogP contribution in [0, 0.1) is 0 Å². The lowest BCUT2D eigenvalue weighted by atomic mass is 10.2. The van der Waals surface area contributed by atoms with Crippen molar-refractivity contribution in [2.75, 3.05) is 13.1 Å². The molecule has 0 saturated heterocycles. The van der Waals surface area contributed by atoms with Gasteiger partial charge in [-0.2, -0.15) is 0 Å². The molecule has 1 N–H and O–H groups in total. The third kappa shape index (κ3) is 8.28. The minimum absolute atomic E-state index is 0.678. The van der Waals surface area contributed by atoms with Crippen LogP contribution < -0.4 is 5.32 Å². The summed E-state index contributed by atoms with van der Waals surface area (Å²) >= 11 is 3.60. The first-order chi connectivity index (χ1) is 5.66.